The predicted molar refractivity (Wildman–Crippen MR) is 69.9 cm³/mol. The molecule has 1 saturated carbocycles. The molecule has 0 unspecified atom stereocenters. The fourth-order valence-corrected chi connectivity index (χ4v) is 2.24. The monoisotopic (exact) mass is 251 g/mol. The summed E-state index contributed by atoms with van der Waals surface area (Å²) in [6, 6.07) is 5.22. The second-order valence-electron chi connectivity index (χ2n) is 4.93. The van der Waals surface area contributed by atoms with E-state index in [0.29, 0.717) is 6.04 Å². The highest BCUT2D eigenvalue weighted by Crippen LogP contribution is 2.28. The molecule has 0 bridgehead atoms. The van der Waals surface area contributed by atoms with E-state index < -0.39 is 12.9 Å². The van der Waals surface area contributed by atoms with Crippen LogP contribution in [-0.2, 0) is 6.54 Å². The Hall–Kier alpha value is -0.905. The summed E-state index contributed by atoms with van der Waals surface area (Å²) in [5, 5.41) is 18.2. The maximum absolute atomic E-state index is 13.3. The third-order valence-corrected chi connectivity index (χ3v) is 3.30. The van der Waals surface area contributed by atoms with E-state index in [1.54, 1.807) is 12.1 Å². The summed E-state index contributed by atoms with van der Waals surface area (Å²) in [6.07, 6.45) is 3.56. The molecule has 1 aliphatic rings. The van der Waals surface area contributed by atoms with Gasteiger partial charge in [-0.15, -0.1) is 0 Å². The molecule has 98 valence electrons. The molecule has 18 heavy (non-hydrogen) atoms. The average Bonchev–Trinajstić information content (AvgIpc) is 3.14. The fourth-order valence-electron chi connectivity index (χ4n) is 2.24. The van der Waals surface area contributed by atoms with Crippen LogP contribution in [0.5, 0.6) is 0 Å². The lowest BCUT2D eigenvalue weighted by atomic mass is 9.79. The molecule has 0 spiro atoms. The highest BCUT2D eigenvalue weighted by molar-refractivity contribution is 6.58. The molecule has 0 amide bonds. The topological polar surface area (TPSA) is 43.7 Å². The summed E-state index contributed by atoms with van der Waals surface area (Å²) in [5.74, 6) is -0.567. The molecule has 1 aromatic rings. The van der Waals surface area contributed by atoms with Gasteiger partial charge in [0.1, 0.15) is 5.82 Å². The first kappa shape index (κ1) is 13.5. The van der Waals surface area contributed by atoms with Crippen LogP contribution in [0, 0.1) is 5.82 Å². The van der Waals surface area contributed by atoms with Crippen molar-refractivity contribution < 1.29 is 14.4 Å². The summed E-state index contributed by atoms with van der Waals surface area (Å²) in [4.78, 5) is 2.38. The number of rotatable bonds is 6. The predicted octanol–water partition coefficient (Wildman–Crippen LogP) is 0.880. The standard InChI is InChI=1S/C13H19BFNO2/c1-2-7-16(11-4-5-11)9-10-3-6-13(15)12(8-10)14(17)18/h3,6,8,11,17-18H,2,4-5,7,9H2,1H3. The van der Waals surface area contributed by atoms with E-state index in [1.807, 2.05) is 0 Å². The molecule has 0 aromatic heterocycles. The highest BCUT2D eigenvalue weighted by atomic mass is 19.1. The van der Waals surface area contributed by atoms with E-state index in [9.17, 15) is 4.39 Å². The van der Waals surface area contributed by atoms with Gasteiger partial charge in [-0.2, -0.15) is 0 Å². The van der Waals surface area contributed by atoms with Crippen LogP contribution < -0.4 is 5.46 Å². The maximum atomic E-state index is 13.3. The van der Waals surface area contributed by atoms with Crippen molar-refractivity contribution in [3.05, 3.63) is 29.6 Å². The normalized spacial score (nSPS) is 15.2. The molecular weight excluding hydrogens is 232 g/mol. The second kappa shape index (κ2) is 5.82. The van der Waals surface area contributed by atoms with Gasteiger partial charge < -0.3 is 10.0 Å². The smallest absolute Gasteiger partial charge is 0.423 e. The third kappa shape index (κ3) is 3.31. The van der Waals surface area contributed by atoms with Gasteiger partial charge in [0.05, 0.1) is 0 Å². The van der Waals surface area contributed by atoms with Gasteiger partial charge in [-0.3, -0.25) is 4.90 Å². The van der Waals surface area contributed by atoms with Crippen molar-refractivity contribution >= 4 is 12.6 Å². The summed E-state index contributed by atoms with van der Waals surface area (Å²) < 4.78 is 13.3. The summed E-state index contributed by atoms with van der Waals surface area (Å²) >= 11 is 0. The van der Waals surface area contributed by atoms with E-state index in [-0.39, 0.29) is 5.46 Å². The Morgan fingerprint density at radius 1 is 1.39 bits per heavy atom. The minimum absolute atomic E-state index is 0.0419. The van der Waals surface area contributed by atoms with E-state index >= 15 is 0 Å². The quantitative estimate of drug-likeness (QED) is 0.737. The SMILES string of the molecule is CCCN(Cc1ccc(F)c(B(O)O)c1)C1CC1. The van der Waals surface area contributed by atoms with Crippen LogP contribution in [0.1, 0.15) is 31.7 Å². The van der Waals surface area contributed by atoms with Crippen molar-refractivity contribution in [1.29, 1.82) is 0 Å². The van der Waals surface area contributed by atoms with E-state index in [0.717, 1.165) is 25.1 Å². The third-order valence-electron chi connectivity index (χ3n) is 3.30. The Morgan fingerprint density at radius 2 is 2.11 bits per heavy atom. The molecule has 5 heteroatoms. The Bertz CT molecular complexity index is 410. The first-order valence-electron chi connectivity index (χ1n) is 6.50. The average molecular weight is 251 g/mol. The number of benzene rings is 1. The zero-order chi connectivity index (χ0) is 13.1. The van der Waals surface area contributed by atoms with Gasteiger partial charge in [0.25, 0.3) is 0 Å². The van der Waals surface area contributed by atoms with Crippen molar-refractivity contribution in [1.82, 2.24) is 4.90 Å². The lowest BCUT2D eigenvalue weighted by Crippen LogP contribution is -2.34. The molecule has 0 radical (unpaired) electrons. The molecule has 2 N–H and O–H groups in total. The van der Waals surface area contributed by atoms with Gasteiger partial charge in [-0.05, 0) is 37.4 Å². The van der Waals surface area contributed by atoms with Crippen LogP contribution >= 0.6 is 0 Å². The van der Waals surface area contributed by atoms with Crippen molar-refractivity contribution in [2.24, 2.45) is 0 Å². The number of nitrogens with zero attached hydrogens (tertiary/aromatic N) is 1. The molecule has 1 aliphatic carbocycles. The Morgan fingerprint density at radius 3 is 2.67 bits per heavy atom. The molecule has 0 saturated heterocycles. The summed E-state index contributed by atoms with van der Waals surface area (Å²) in [7, 11) is -1.74. The fraction of sp³-hybridized carbons (Fsp3) is 0.538. The molecular formula is C13H19BFNO2. The van der Waals surface area contributed by atoms with Crippen LogP contribution in [0.2, 0.25) is 0 Å². The van der Waals surface area contributed by atoms with Crippen LogP contribution in [0.3, 0.4) is 0 Å². The van der Waals surface area contributed by atoms with Crippen LogP contribution in [0.4, 0.5) is 4.39 Å². The van der Waals surface area contributed by atoms with Crippen molar-refractivity contribution in [2.75, 3.05) is 6.54 Å². The zero-order valence-electron chi connectivity index (χ0n) is 10.6. The second-order valence-corrected chi connectivity index (χ2v) is 4.93. The van der Waals surface area contributed by atoms with Gasteiger partial charge in [0.15, 0.2) is 0 Å². The Labute approximate surface area is 107 Å². The van der Waals surface area contributed by atoms with Crippen molar-refractivity contribution in [3.63, 3.8) is 0 Å². The van der Waals surface area contributed by atoms with Gasteiger partial charge in [0, 0.05) is 18.0 Å². The van der Waals surface area contributed by atoms with Gasteiger partial charge in [-0.25, -0.2) is 4.39 Å². The Kier molecular flexibility index (Phi) is 4.38. The lowest BCUT2D eigenvalue weighted by molar-refractivity contribution is 0.255. The van der Waals surface area contributed by atoms with E-state index in [2.05, 4.69) is 11.8 Å². The molecule has 3 nitrogen and oxygen atoms in total. The lowest BCUT2D eigenvalue weighted by Gasteiger charge is -2.21. The van der Waals surface area contributed by atoms with E-state index in [1.165, 1.54) is 18.9 Å². The number of hydrogen-bond donors (Lipinski definition) is 2. The summed E-state index contributed by atoms with van der Waals surface area (Å²) in [6.45, 7) is 3.92. The Balaban J connectivity index is 2.10. The summed E-state index contributed by atoms with van der Waals surface area (Å²) in [5.41, 5.74) is 0.889. The first-order valence-corrected chi connectivity index (χ1v) is 6.50. The van der Waals surface area contributed by atoms with Crippen molar-refractivity contribution in [2.45, 2.75) is 38.8 Å². The maximum Gasteiger partial charge on any atom is 0.491 e. The molecule has 1 fully saturated rings. The molecule has 0 atom stereocenters. The minimum Gasteiger partial charge on any atom is -0.423 e. The minimum atomic E-state index is -1.74. The number of hydrogen-bond acceptors (Lipinski definition) is 3. The van der Waals surface area contributed by atoms with Crippen molar-refractivity contribution in [3.8, 4) is 0 Å². The van der Waals surface area contributed by atoms with Gasteiger partial charge in [-0.1, -0.05) is 19.1 Å². The molecule has 0 heterocycles. The molecule has 0 aliphatic heterocycles. The molecule has 2 rings (SSSR count). The number of halogens is 1. The highest BCUT2D eigenvalue weighted by Gasteiger charge is 2.28. The largest absolute Gasteiger partial charge is 0.491 e. The van der Waals surface area contributed by atoms with E-state index in [4.69, 9.17) is 10.0 Å². The zero-order valence-corrected chi connectivity index (χ0v) is 10.6. The van der Waals surface area contributed by atoms with Crippen LogP contribution in [-0.4, -0.2) is 34.7 Å². The van der Waals surface area contributed by atoms with Gasteiger partial charge in [0.2, 0.25) is 0 Å². The molecule has 1 aromatic carbocycles. The van der Waals surface area contributed by atoms with Gasteiger partial charge >= 0.3 is 7.12 Å². The first-order chi connectivity index (χ1) is 8.61. The van der Waals surface area contributed by atoms with Crippen LogP contribution in [0.25, 0.3) is 0 Å². The van der Waals surface area contributed by atoms with Crippen LogP contribution in [0.15, 0.2) is 18.2 Å².